The number of hydrogen-bond acceptors (Lipinski definition) is 3. The van der Waals surface area contributed by atoms with Gasteiger partial charge in [-0.05, 0) is 42.8 Å². The van der Waals surface area contributed by atoms with Crippen LogP contribution in [0.4, 0.5) is 0 Å². The van der Waals surface area contributed by atoms with E-state index in [4.69, 9.17) is 4.74 Å². The summed E-state index contributed by atoms with van der Waals surface area (Å²) >= 11 is 0. The smallest absolute Gasteiger partial charge is 0.191 e. The lowest BCUT2D eigenvalue weighted by Crippen LogP contribution is -2.36. The van der Waals surface area contributed by atoms with E-state index in [0.29, 0.717) is 6.54 Å². The highest BCUT2D eigenvalue weighted by Crippen LogP contribution is 2.14. The predicted octanol–water partition coefficient (Wildman–Crippen LogP) is 3.05. The van der Waals surface area contributed by atoms with Gasteiger partial charge in [-0.25, -0.2) is 4.68 Å². The summed E-state index contributed by atoms with van der Waals surface area (Å²) in [5.41, 5.74) is 4.40. The first-order valence-electron chi connectivity index (χ1n) is 8.87. The zero-order valence-corrected chi connectivity index (χ0v) is 15.9. The van der Waals surface area contributed by atoms with Crippen LogP contribution in [0.25, 0.3) is 5.69 Å². The molecule has 2 aromatic carbocycles. The first-order valence-corrected chi connectivity index (χ1v) is 8.87. The van der Waals surface area contributed by atoms with Crippen LogP contribution in [0, 0.1) is 6.92 Å². The van der Waals surface area contributed by atoms with Gasteiger partial charge in [-0.2, -0.15) is 5.10 Å². The molecule has 0 bridgehead atoms. The Morgan fingerprint density at radius 2 is 1.85 bits per heavy atom. The number of nitrogens with zero attached hydrogens (tertiary/aromatic N) is 3. The molecule has 1 aromatic heterocycles. The van der Waals surface area contributed by atoms with Crippen molar-refractivity contribution >= 4 is 5.96 Å². The van der Waals surface area contributed by atoms with E-state index >= 15 is 0 Å². The van der Waals surface area contributed by atoms with E-state index in [2.05, 4.69) is 51.9 Å². The second-order valence-corrected chi connectivity index (χ2v) is 6.22. The average Bonchev–Trinajstić information content (AvgIpc) is 3.17. The molecule has 0 spiro atoms. The fourth-order valence-electron chi connectivity index (χ4n) is 2.74. The molecule has 27 heavy (non-hydrogen) atoms. The molecule has 0 fully saturated rings. The average molecular weight is 363 g/mol. The second-order valence-electron chi connectivity index (χ2n) is 6.22. The van der Waals surface area contributed by atoms with E-state index < -0.39 is 0 Å². The van der Waals surface area contributed by atoms with Gasteiger partial charge in [-0.1, -0.05) is 29.8 Å². The van der Waals surface area contributed by atoms with Crippen LogP contribution < -0.4 is 15.4 Å². The summed E-state index contributed by atoms with van der Waals surface area (Å²) in [5.74, 6) is 1.58. The number of guanidine groups is 1. The molecule has 3 rings (SSSR count). The number of aryl methyl sites for hydroxylation is 1. The Hall–Kier alpha value is -3.28. The number of aliphatic imine (C=N–C) groups is 1. The van der Waals surface area contributed by atoms with Gasteiger partial charge in [0.1, 0.15) is 5.75 Å². The van der Waals surface area contributed by atoms with Gasteiger partial charge in [0.25, 0.3) is 0 Å². The first kappa shape index (κ1) is 18.5. The number of benzene rings is 2. The highest BCUT2D eigenvalue weighted by molar-refractivity contribution is 5.79. The van der Waals surface area contributed by atoms with Crippen molar-refractivity contribution in [3.8, 4) is 11.4 Å². The van der Waals surface area contributed by atoms with E-state index in [1.54, 1.807) is 14.2 Å². The second kappa shape index (κ2) is 8.89. The molecule has 3 aromatic rings. The molecule has 1 heterocycles. The third kappa shape index (κ3) is 5.10. The Morgan fingerprint density at radius 3 is 2.56 bits per heavy atom. The first-order chi connectivity index (χ1) is 13.2. The molecular weight excluding hydrogens is 338 g/mol. The zero-order chi connectivity index (χ0) is 19.1. The van der Waals surface area contributed by atoms with Crippen molar-refractivity contribution in [2.24, 2.45) is 4.99 Å². The van der Waals surface area contributed by atoms with Crippen molar-refractivity contribution in [2.45, 2.75) is 20.0 Å². The Balaban J connectivity index is 1.54. The number of nitrogens with one attached hydrogen (secondary N) is 2. The van der Waals surface area contributed by atoms with E-state index in [9.17, 15) is 0 Å². The normalized spacial score (nSPS) is 11.3. The minimum atomic E-state index is 0.594. The third-order valence-electron chi connectivity index (χ3n) is 4.18. The minimum Gasteiger partial charge on any atom is -0.497 e. The van der Waals surface area contributed by atoms with Gasteiger partial charge in [-0.3, -0.25) is 4.99 Å². The molecule has 0 radical (unpaired) electrons. The summed E-state index contributed by atoms with van der Waals surface area (Å²) in [6.07, 6.45) is 1.95. The SMILES string of the molecule is CN=C(NCc1cccc(C)c1)NCc1ccn(-c2ccc(OC)cc2)n1. The number of rotatable bonds is 6. The maximum absolute atomic E-state index is 5.19. The van der Waals surface area contributed by atoms with Gasteiger partial charge in [0.15, 0.2) is 5.96 Å². The Kier molecular flexibility index (Phi) is 6.10. The standard InChI is InChI=1S/C21H25N5O/c1-16-5-4-6-17(13-16)14-23-21(22-2)24-15-18-11-12-26(25-18)19-7-9-20(27-3)10-8-19/h4-13H,14-15H2,1-3H3,(H2,22,23,24). The molecule has 0 aliphatic heterocycles. The third-order valence-corrected chi connectivity index (χ3v) is 4.18. The fraction of sp³-hybridized carbons (Fsp3) is 0.238. The summed E-state index contributed by atoms with van der Waals surface area (Å²) in [4.78, 5) is 4.27. The van der Waals surface area contributed by atoms with Gasteiger partial charge in [-0.15, -0.1) is 0 Å². The topological polar surface area (TPSA) is 63.5 Å². The lowest BCUT2D eigenvalue weighted by atomic mass is 10.1. The van der Waals surface area contributed by atoms with Gasteiger partial charge < -0.3 is 15.4 Å². The zero-order valence-electron chi connectivity index (χ0n) is 15.9. The molecule has 140 valence electrons. The van der Waals surface area contributed by atoms with Gasteiger partial charge in [0.2, 0.25) is 0 Å². The molecule has 2 N–H and O–H groups in total. The molecule has 0 aliphatic rings. The summed E-state index contributed by atoms with van der Waals surface area (Å²) in [6, 6.07) is 18.2. The summed E-state index contributed by atoms with van der Waals surface area (Å²) in [7, 11) is 3.42. The quantitative estimate of drug-likeness (QED) is 0.522. The molecule has 0 amide bonds. The highest BCUT2D eigenvalue weighted by atomic mass is 16.5. The lowest BCUT2D eigenvalue weighted by Gasteiger charge is -2.11. The van der Waals surface area contributed by atoms with Gasteiger partial charge >= 0.3 is 0 Å². The fourth-order valence-corrected chi connectivity index (χ4v) is 2.74. The van der Waals surface area contributed by atoms with E-state index in [-0.39, 0.29) is 0 Å². The number of aromatic nitrogens is 2. The molecule has 0 atom stereocenters. The predicted molar refractivity (Wildman–Crippen MR) is 108 cm³/mol. The summed E-state index contributed by atoms with van der Waals surface area (Å²) < 4.78 is 7.04. The van der Waals surface area contributed by atoms with Crippen molar-refractivity contribution in [2.75, 3.05) is 14.2 Å². The molecule has 0 saturated carbocycles. The molecule has 6 nitrogen and oxygen atoms in total. The lowest BCUT2D eigenvalue weighted by molar-refractivity contribution is 0.414. The van der Waals surface area contributed by atoms with Crippen LogP contribution in [0.3, 0.4) is 0 Å². The van der Waals surface area contributed by atoms with Crippen LogP contribution in [0.1, 0.15) is 16.8 Å². The van der Waals surface area contributed by atoms with Crippen LogP contribution in [-0.4, -0.2) is 29.9 Å². The van der Waals surface area contributed by atoms with Crippen molar-refractivity contribution < 1.29 is 4.74 Å². The van der Waals surface area contributed by atoms with Crippen LogP contribution in [0.5, 0.6) is 5.75 Å². The van der Waals surface area contributed by atoms with Crippen molar-refractivity contribution in [3.05, 3.63) is 77.6 Å². The van der Waals surface area contributed by atoms with Gasteiger partial charge in [0, 0.05) is 19.8 Å². The molecular formula is C21H25N5O. The number of hydrogen-bond donors (Lipinski definition) is 2. The number of ether oxygens (including phenoxy) is 1. The molecule has 0 saturated heterocycles. The highest BCUT2D eigenvalue weighted by Gasteiger charge is 2.04. The van der Waals surface area contributed by atoms with Gasteiger partial charge in [0.05, 0.1) is 25.0 Å². The maximum atomic E-state index is 5.19. The van der Waals surface area contributed by atoms with E-state index in [1.807, 2.05) is 41.2 Å². The Bertz CT molecular complexity index is 899. The van der Waals surface area contributed by atoms with Crippen LogP contribution in [0.15, 0.2) is 65.8 Å². The van der Waals surface area contributed by atoms with Crippen molar-refractivity contribution in [3.63, 3.8) is 0 Å². The Labute approximate surface area is 159 Å². The van der Waals surface area contributed by atoms with Crippen molar-refractivity contribution in [1.29, 1.82) is 0 Å². The van der Waals surface area contributed by atoms with Crippen LogP contribution in [-0.2, 0) is 13.1 Å². The van der Waals surface area contributed by atoms with Crippen LogP contribution in [0.2, 0.25) is 0 Å². The molecule has 6 heteroatoms. The number of methoxy groups -OCH3 is 1. The molecule has 0 aliphatic carbocycles. The maximum Gasteiger partial charge on any atom is 0.191 e. The van der Waals surface area contributed by atoms with E-state index in [1.165, 1.54) is 11.1 Å². The minimum absolute atomic E-state index is 0.594. The van der Waals surface area contributed by atoms with E-state index in [0.717, 1.165) is 29.6 Å². The summed E-state index contributed by atoms with van der Waals surface area (Å²) in [6.45, 7) is 3.41. The summed E-state index contributed by atoms with van der Waals surface area (Å²) in [5, 5.41) is 11.2. The Morgan fingerprint density at radius 1 is 1.07 bits per heavy atom. The largest absolute Gasteiger partial charge is 0.497 e. The molecule has 0 unspecified atom stereocenters. The van der Waals surface area contributed by atoms with Crippen molar-refractivity contribution in [1.82, 2.24) is 20.4 Å². The van der Waals surface area contributed by atoms with Crippen LogP contribution >= 0.6 is 0 Å². The monoisotopic (exact) mass is 363 g/mol.